The minimum absolute atomic E-state index is 0.0848. The van der Waals surface area contributed by atoms with E-state index in [-0.39, 0.29) is 29.7 Å². The highest BCUT2D eigenvalue weighted by Crippen LogP contribution is 2.57. The van der Waals surface area contributed by atoms with Crippen LogP contribution in [0.1, 0.15) is 52.9 Å². The zero-order valence-electron chi connectivity index (χ0n) is 13.8. The summed E-state index contributed by atoms with van der Waals surface area (Å²) in [5.74, 6) is -1.27. The summed E-state index contributed by atoms with van der Waals surface area (Å²) in [4.78, 5) is 26.9. The Morgan fingerprint density at radius 2 is 1.68 bits per heavy atom. The van der Waals surface area contributed by atoms with Crippen molar-refractivity contribution >= 4 is 11.9 Å². The number of hydrogen-bond donors (Lipinski definition) is 1. The predicted octanol–water partition coefficient (Wildman–Crippen LogP) is 3.08. The van der Waals surface area contributed by atoms with Gasteiger partial charge in [-0.15, -0.1) is 0 Å². The van der Waals surface area contributed by atoms with Crippen molar-refractivity contribution in [1.29, 1.82) is 0 Å². The summed E-state index contributed by atoms with van der Waals surface area (Å²) >= 11 is 0. The number of carboxylic acids is 1. The van der Waals surface area contributed by atoms with Crippen LogP contribution < -0.4 is 0 Å². The maximum absolute atomic E-state index is 13.1. The molecule has 2 aliphatic carbocycles. The Kier molecular flexibility index (Phi) is 4.04. The fourth-order valence-corrected chi connectivity index (χ4v) is 5.20. The van der Waals surface area contributed by atoms with Gasteiger partial charge in [0.15, 0.2) is 0 Å². The van der Waals surface area contributed by atoms with Crippen molar-refractivity contribution in [3.63, 3.8) is 0 Å². The molecule has 0 aromatic rings. The van der Waals surface area contributed by atoms with Crippen molar-refractivity contribution in [3.8, 4) is 0 Å². The van der Waals surface area contributed by atoms with Crippen molar-refractivity contribution in [1.82, 2.24) is 4.90 Å². The molecule has 0 aromatic carbocycles. The molecule has 4 nitrogen and oxygen atoms in total. The molecule has 22 heavy (non-hydrogen) atoms. The van der Waals surface area contributed by atoms with Crippen LogP contribution in [0.15, 0.2) is 11.1 Å². The van der Waals surface area contributed by atoms with Gasteiger partial charge in [-0.25, -0.2) is 0 Å². The molecule has 0 unspecified atom stereocenters. The summed E-state index contributed by atoms with van der Waals surface area (Å²) in [6.07, 6.45) is 5.17. The second-order valence-electron chi connectivity index (χ2n) is 7.51. The molecule has 1 saturated heterocycles. The lowest BCUT2D eigenvalue weighted by atomic mass is 9.78. The molecule has 1 heterocycles. The zero-order chi connectivity index (χ0) is 16.0. The molecule has 4 heteroatoms. The number of likely N-dealkylation sites (tertiary alicyclic amines) is 1. The third-order valence-corrected chi connectivity index (χ3v) is 6.08. The molecule has 1 N–H and O–H groups in total. The van der Waals surface area contributed by atoms with Crippen LogP contribution in [0.5, 0.6) is 0 Å². The smallest absolute Gasteiger partial charge is 0.307 e. The van der Waals surface area contributed by atoms with Gasteiger partial charge in [-0.3, -0.25) is 9.59 Å². The molecule has 5 atom stereocenters. The molecular weight excluding hydrogens is 278 g/mol. The zero-order valence-corrected chi connectivity index (χ0v) is 13.8. The Morgan fingerprint density at radius 3 is 2.23 bits per heavy atom. The molecular formula is C18H27NO3. The fourth-order valence-electron chi connectivity index (χ4n) is 5.20. The van der Waals surface area contributed by atoms with Crippen LogP contribution >= 0.6 is 0 Å². The van der Waals surface area contributed by atoms with Crippen LogP contribution in [-0.4, -0.2) is 34.5 Å². The normalized spacial score (nSPS) is 37.5. The molecule has 0 radical (unpaired) electrons. The number of fused-ring (bicyclic) bond motifs is 2. The minimum atomic E-state index is -0.783. The van der Waals surface area contributed by atoms with Crippen LogP contribution in [0, 0.1) is 23.7 Å². The number of carboxylic acid groups (broad SMARTS) is 1. The second kappa shape index (κ2) is 5.71. The Labute approximate surface area is 132 Å². The molecule has 2 bridgehead atoms. The van der Waals surface area contributed by atoms with Gasteiger partial charge < -0.3 is 10.0 Å². The lowest BCUT2D eigenvalue weighted by Crippen LogP contribution is -2.49. The largest absolute Gasteiger partial charge is 0.481 e. The monoisotopic (exact) mass is 305 g/mol. The number of carbonyl (C=O) groups is 2. The van der Waals surface area contributed by atoms with Crippen molar-refractivity contribution in [2.75, 3.05) is 6.54 Å². The van der Waals surface area contributed by atoms with Crippen LogP contribution in [0.25, 0.3) is 0 Å². The van der Waals surface area contributed by atoms with E-state index in [9.17, 15) is 14.7 Å². The Hall–Kier alpha value is -1.32. The Bertz CT molecular complexity index is 520. The van der Waals surface area contributed by atoms with Gasteiger partial charge in [0.05, 0.1) is 11.8 Å². The second-order valence-corrected chi connectivity index (χ2v) is 7.51. The molecule has 1 amide bonds. The maximum atomic E-state index is 13.1. The fraction of sp³-hybridized carbons (Fsp3) is 0.778. The van der Waals surface area contributed by atoms with Gasteiger partial charge >= 0.3 is 5.97 Å². The van der Waals surface area contributed by atoms with E-state index in [1.54, 1.807) is 0 Å². The number of carbonyl (C=O) groups excluding carboxylic acids is 1. The van der Waals surface area contributed by atoms with E-state index >= 15 is 0 Å². The maximum Gasteiger partial charge on any atom is 0.307 e. The van der Waals surface area contributed by atoms with E-state index in [2.05, 4.69) is 20.8 Å². The highest BCUT2D eigenvalue weighted by molar-refractivity contribution is 5.88. The number of amides is 1. The summed E-state index contributed by atoms with van der Waals surface area (Å²) in [7, 11) is 0. The first kappa shape index (κ1) is 15.6. The third kappa shape index (κ3) is 2.27. The van der Waals surface area contributed by atoms with Gasteiger partial charge in [-0.05, 0) is 64.7 Å². The molecule has 3 aliphatic rings. The van der Waals surface area contributed by atoms with Gasteiger partial charge in [0.1, 0.15) is 0 Å². The standard InChI is InChI=1S/C18H27NO3/c1-10(2)14-12-7-8-13(14)16(18(21)22)15(12)17(20)19-9-5-4-6-11(19)3/h11-13,15-16H,4-9H2,1-3H3,(H,21,22)/t11-,12+,13+,15-,16-/m0/s1. The molecule has 3 rings (SSSR count). The number of aliphatic carboxylic acids is 1. The molecule has 2 saturated carbocycles. The van der Waals surface area contributed by atoms with Crippen molar-refractivity contribution in [2.45, 2.75) is 58.9 Å². The van der Waals surface area contributed by atoms with E-state index in [0.29, 0.717) is 0 Å². The number of rotatable bonds is 2. The number of hydrogen-bond acceptors (Lipinski definition) is 2. The lowest BCUT2D eigenvalue weighted by molar-refractivity contribution is -0.154. The highest BCUT2D eigenvalue weighted by Gasteiger charge is 2.58. The van der Waals surface area contributed by atoms with E-state index in [0.717, 1.165) is 32.2 Å². The number of nitrogens with zero attached hydrogens (tertiary/aromatic N) is 1. The first-order chi connectivity index (χ1) is 10.4. The lowest BCUT2D eigenvalue weighted by Gasteiger charge is -2.38. The van der Waals surface area contributed by atoms with E-state index < -0.39 is 11.9 Å². The van der Waals surface area contributed by atoms with Gasteiger partial charge in [0.25, 0.3) is 0 Å². The number of piperidine rings is 1. The van der Waals surface area contributed by atoms with Crippen molar-refractivity contribution in [2.24, 2.45) is 23.7 Å². The molecule has 1 aliphatic heterocycles. The molecule has 0 aromatic heterocycles. The van der Waals surface area contributed by atoms with Gasteiger partial charge in [-0.1, -0.05) is 11.1 Å². The van der Waals surface area contributed by atoms with Crippen molar-refractivity contribution < 1.29 is 14.7 Å². The summed E-state index contributed by atoms with van der Waals surface area (Å²) < 4.78 is 0. The first-order valence-corrected chi connectivity index (χ1v) is 8.64. The van der Waals surface area contributed by atoms with Gasteiger partial charge in [0, 0.05) is 12.6 Å². The SMILES string of the molecule is CC(C)=C1[C@H]2CC[C@H]1[C@H](C(=O)N1CCCC[C@@H]1C)[C@H]2C(=O)O. The molecule has 0 spiro atoms. The van der Waals surface area contributed by atoms with E-state index in [1.165, 1.54) is 17.6 Å². The quantitative estimate of drug-likeness (QED) is 0.798. The van der Waals surface area contributed by atoms with Crippen molar-refractivity contribution in [3.05, 3.63) is 11.1 Å². The van der Waals surface area contributed by atoms with Gasteiger partial charge in [0.2, 0.25) is 5.91 Å². The van der Waals surface area contributed by atoms with Gasteiger partial charge in [-0.2, -0.15) is 0 Å². The minimum Gasteiger partial charge on any atom is -0.481 e. The van der Waals surface area contributed by atoms with Crippen LogP contribution in [0.2, 0.25) is 0 Å². The summed E-state index contributed by atoms with van der Waals surface area (Å²) in [5.41, 5.74) is 2.50. The Balaban J connectivity index is 1.93. The van der Waals surface area contributed by atoms with E-state index in [1.807, 2.05) is 4.90 Å². The predicted molar refractivity (Wildman–Crippen MR) is 84.2 cm³/mol. The molecule has 122 valence electrons. The van der Waals surface area contributed by atoms with Crippen LogP contribution in [0.3, 0.4) is 0 Å². The molecule has 3 fully saturated rings. The average molecular weight is 305 g/mol. The third-order valence-electron chi connectivity index (χ3n) is 6.08. The topological polar surface area (TPSA) is 57.6 Å². The average Bonchev–Trinajstić information content (AvgIpc) is 3.02. The summed E-state index contributed by atoms with van der Waals surface area (Å²) in [6.45, 7) is 7.03. The van der Waals surface area contributed by atoms with Crippen LogP contribution in [0.4, 0.5) is 0 Å². The summed E-state index contributed by atoms with van der Waals surface area (Å²) in [5, 5.41) is 9.73. The van der Waals surface area contributed by atoms with Crippen LogP contribution in [-0.2, 0) is 9.59 Å². The Morgan fingerprint density at radius 1 is 1.05 bits per heavy atom. The van der Waals surface area contributed by atoms with E-state index in [4.69, 9.17) is 0 Å². The summed E-state index contributed by atoms with van der Waals surface area (Å²) in [6, 6.07) is 0.255. The highest BCUT2D eigenvalue weighted by atomic mass is 16.4. The first-order valence-electron chi connectivity index (χ1n) is 8.64. The number of allylic oxidation sites excluding steroid dienone is 2.